The lowest BCUT2D eigenvalue weighted by Crippen LogP contribution is -2.19. The maximum atomic E-state index is 13.5. The van der Waals surface area contributed by atoms with Crippen LogP contribution in [0.3, 0.4) is 0 Å². The predicted molar refractivity (Wildman–Crippen MR) is 134 cm³/mol. The predicted octanol–water partition coefficient (Wildman–Crippen LogP) is 6.07. The van der Waals surface area contributed by atoms with Gasteiger partial charge in [0.1, 0.15) is 12.3 Å². The van der Waals surface area contributed by atoms with Crippen LogP contribution in [0, 0.1) is 20.8 Å². The van der Waals surface area contributed by atoms with Gasteiger partial charge in [-0.2, -0.15) is 18.3 Å². The Hall–Kier alpha value is -4.40. The number of ether oxygens (including phenoxy) is 1. The number of hydrogen-bond donors (Lipinski definition) is 0. The molecule has 0 atom stereocenters. The molecule has 0 fully saturated rings. The molecule has 0 saturated carbocycles. The highest BCUT2D eigenvalue weighted by Crippen LogP contribution is 2.30. The summed E-state index contributed by atoms with van der Waals surface area (Å²) in [5.41, 5.74) is 3.73. The van der Waals surface area contributed by atoms with Crippen LogP contribution in [0.15, 0.2) is 77.7 Å². The Morgan fingerprint density at radius 3 is 2.49 bits per heavy atom. The number of benzene rings is 2. The molecular formula is C28H23F3N4O2. The van der Waals surface area contributed by atoms with E-state index in [1.165, 1.54) is 10.5 Å². The van der Waals surface area contributed by atoms with E-state index in [0.717, 1.165) is 29.1 Å². The van der Waals surface area contributed by atoms with Gasteiger partial charge in [-0.3, -0.25) is 9.20 Å². The van der Waals surface area contributed by atoms with Crippen LogP contribution in [0.1, 0.15) is 28.1 Å². The van der Waals surface area contributed by atoms with Crippen LogP contribution < -0.4 is 10.3 Å². The molecule has 37 heavy (non-hydrogen) atoms. The van der Waals surface area contributed by atoms with Gasteiger partial charge in [-0.1, -0.05) is 30.3 Å². The van der Waals surface area contributed by atoms with Gasteiger partial charge in [-0.15, -0.1) is 0 Å². The summed E-state index contributed by atoms with van der Waals surface area (Å²) in [6, 6.07) is 17.9. The lowest BCUT2D eigenvalue weighted by atomic mass is 10.1. The topological polar surface area (TPSA) is 61.4 Å². The molecule has 0 amide bonds. The summed E-state index contributed by atoms with van der Waals surface area (Å²) in [5.74, 6) is 0.285. The monoisotopic (exact) mass is 504 g/mol. The third-order valence-electron chi connectivity index (χ3n) is 6.14. The average Bonchev–Trinajstić information content (AvgIpc) is 3.23. The fourth-order valence-corrected chi connectivity index (χ4v) is 4.29. The van der Waals surface area contributed by atoms with Crippen LogP contribution in [-0.4, -0.2) is 19.2 Å². The van der Waals surface area contributed by atoms with E-state index < -0.39 is 11.7 Å². The standard InChI is InChI=1S/C28H23F3N4O2/c1-17-8-4-5-11-23(17)35-18(2)14-22(33-35)25-19(3)32-26-24(12-7-13-34(26)27(25)36)37-16-20-9-6-10-21(15-20)28(29,30)31/h4-15H,16H2,1-3H3. The highest BCUT2D eigenvalue weighted by Gasteiger charge is 2.30. The van der Waals surface area contributed by atoms with E-state index in [9.17, 15) is 18.0 Å². The van der Waals surface area contributed by atoms with Crippen LogP contribution in [0.4, 0.5) is 13.2 Å². The minimum Gasteiger partial charge on any atom is -0.485 e. The lowest BCUT2D eigenvalue weighted by molar-refractivity contribution is -0.137. The minimum absolute atomic E-state index is 0.111. The van der Waals surface area contributed by atoms with Gasteiger partial charge >= 0.3 is 6.18 Å². The van der Waals surface area contributed by atoms with Crippen LogP contribution in [0.5, 0.6) is 5.75 Å². The molecule has 0 radical (unpaired) electrons. The zero-order valence-corrected chi connectivity index (χ0v) is 20.4. The number of aryl methyl sites for hydroxylation is 3. The van der Waals surface area contributed by atoms with Crippen molar-refractivity contribution in [2.24, 2.45) is 0 Å². The third kappa shape index (κ3) is 4.60. The zero-order valence-electron chi connectivity index (χ0n) is 20.4. The van der Waals surface area contributed by atoms with Crippen molar-refractivity contribution in [3.63, 3.8) is 0 Å². The molecule has 5 rings (SSSR count). The summed E-state index contributed by atoms with van der Waals surface area (Å²) in [6.45, 7) is 5.53. The van der Waals surface area contributed by atoms with Crippen molar-refractivity contribution in [1.82, 2.24) is 19.2 Å². The fourth-order valence-electron chi connectivity index (χ4n) is 4.29. The largest absolute Gasteiger partial charge is 0.485 e. The van der Waals surface area contributed by atoms with Crippen molar-refractivity contribution in [1.29, 1.82) is 0 Å². The fraction of sp³-hybridized carbons (Fsp3) is 0.179. The van der Waals surface area contributed by atoms with Gasteiger partial charge in [-0.05, 0) is 68.3 Å². The third-order valence-corrected chi connectivity index (χ3v) is 6.14. The molecule has 0 aliphatic rings. The molecule has 0 aliphatic carbocycles. The lowest BCUT2D eigenvalue weighted by Gasteiger charge is -2.13. The molecule has 0 aliphatic heterocycles. The maximum Gasteiger partial charge on any atom is 0.416 e. The number of nitrogens with zero attached hydrogens (tertiary/aromatic N) is 4. The van der Waals surface area contributed by atoms with E-state index in [-0.39, 0.29) is 23.6 Å². The first-order valence-corrected chi connectivity index (χ1v) is 11.6. The molecule has 0 N–H and O–H groups in total. The Labute approximate surface area is 210 Å². The summed E-state index contributed by atoms with van der Waals surface area (Å²) in [5, 5.41) is 4.71. The van der Waals surface area contributed by atoms with Gasteiger partial charge in [0.2, 0.25) is 0 Å². The molecule has 0 unspecified atom stereocenters. The molecule has 3 aromatic heterocycles. The number of halogens is 3. The Morgan fingerprint density at radius 1 is 0.946 bits per heavy atom. The van der Waals surface area contributed by atoms with Crippen molar-refractivity contribution in [3.05, 3.63) is 111 Å². The van der Waals surface area contributed by atoms with Crippen molar-refractivity contribution >= 4 is 5.65 Å². The number of hydrogen-bond acceptors (Lipinski definition) is 4. The molecule has 9 heteroatoms. The van der Waals surface area contributed by atoms with E-state index in [0.29, 0.717) is 22.5 Å². The van der Waals surface area contributed by atoms with Crippen molar-refractivity contribution in [3.8, 4) is 22.7 Å². The highest BCUT2D eigenvalue weighted by molar-refractivity contribution is 5.66. The number of rotatable bonds is 5. The van der Waals surface area contributed by atoms with E-state index in [4.69, 9.17) is 9.84 Å². The van der Waals surface area contributed by atoms with Crippen molar-refractivity contribution in [2.45, 2.75) is 33.6 Å². The van der Waals surface area contributed by atoms with Gasteiger partial charge in [-0.25, -0.2) is 9.67 Å². The Bertz CT molecular complexity index is 1690. The molecule has 2 aromatic carbocycles. The maximum absolute atomic E-state index is 13.5. The summed E-state index contributed by atoms with van der Waals surface area (Å²) < 4.78 is 48.1. The SMILES string of the molecule is Cc1ccccc1-n1nc(-c2c(C)nc3c(OCc4cccc(C(F)(F)F)c4)cccn3c2=O)cc1C. The molecule has 0 saturated heterocycles. The van der Waals surface area contributed by atoms with Crippen LogP contribution in [0.25, 0.3) is 22.6 Å². The summed E-state index contributed by atoms with van der Waals surface area (Å²) in [4.78, 5) is 18.2. The summed E-state index contributed by atoms with van der Waals surface area (Å²) in [6.07, 6.45) is -2.86. The molecule has 6 nitrogen and oxygen atoms in total. The number of fused-ring (bicyclic) bond motifs is 1. The van der Waals surface area contributed by atoms with E-state index in [2.05, 4.69) is 4.98 Å². The number of alkyl halides is 3. The quantitative estimate of drug-likeness (QED) is 0.292. The number of pyridine rings is 1. The van der Waals surface area contributed by atoms with E-state index in [1.54, 1.807) is 36.0 Å². The normalized spacial score (nSPS) is 11.7. The molecular weight excluding hydrogens is 481 g/mol. The first kappa shape index (κ1) is 24.3. The summed E-state index contributed by atoms with van der Waals surface area (Å²) >= 11 is 0. The average molecular weight is 505 g/mol. The Morgan fingerprint density at radius 2 is 1.73 bits per heavy atom. The summed E-state index contributed by atoms with van der Waals surface area (Å²) in [7, 11) is 0. The minimum atomic E-state index is -4.44. The number of aromatic nitrogens is 4. The smallest absolute Gasteiger partial charge is 0.416 e. The van der Waals surface area contributed by atoms with E-state index >= 15 is 0 Å². The second-order valence-corrected chi connectivity index (χ2v) is 8.80. The zero-order chi connectivity index (χ0) is 26.3. The van der Waals surface area contributed by atoms with Gasteiger partial charge in [0.05, 0.1) is 22.5 Å². The molecule has 188 valence electrons. The van der Waals surface area contributed by atoms with E-state index in [1.807, 2.05) is 44.2 Å². The number of para-hydroxylation sites is 1. The second kappa shape index (κ2) is 9.24. The van der Waals surface area contributed by atoms with Crippen LogP contribution in [-0.2, 0) is 12.8 Å². The van der Waals surface area contributed by atoms with Crippen LogP contribution in [0.2, 0.25) is 0 Å². The van der Waals surface area contributed by atoms with Gasteiger partial charge in [0.15, 0.2) is 11.4 Å². The molecule has 3 heterocycles. The first-order valence-electron chi connectivity index (χ1n) is 11.6. The van der Waals surface area contributed by atoms with Crippen molar-refractivity contribution in [2.75, 3.05) is 0 Å². The first-order chi connectivity index (χ1) is 17.6. The van der Waals surface area contributed by atoms with Gasteiger partial charge in [0, 0.05) is 11.9 Å². The second-order valence-electron chi connectivity index (χ2n) is 8.80. The molecule has 0 spiro atoms. The van der Waals surface area contributed by atoms with Crippen molar-refractivity contribution < 1.29 is 17.9 Å². The van der Waals surface area contributed by atoms with Crippen LogP contribution >= 0.6 is 0 Å². The molecule has 0 bridgehead atoms. The Kier molecular flexibility index (Phi) is 6.07. The highest BCUT2D eigenvalue weighted by atomic mass is 19.4. The molecule has 5 aromatic rings. The Balaban J connectivity index is 1.52. The van der Waals surface area contributed by atoms with Gasteiger partial charge < -0.3 is 4.74 Å². The van der Waals surface area contributed by atoms with Gasteiger partial charge in [0.25, 0.3) is 5.56 Å².